The van der Waals surface area contributed by atoms with Crippen LogP contribution >= 0.6 is 0 Å². The smallest absolute Gasteiger partial charge is 0.231 e. The Hall–Kier alpha value is -2.07. The second-order valence-electron chi connectivity index (χ2n) is 4.87. The molecule has 0 unspecified atom stereocenters. The molecule has 1 atom stereocenters. The van der Waals surface area contributed by atoms with E-state index in [1.165, 1.54) is 5.56 Å². The van der Waals surface area contributed by atoms with E-state index >= 15 is 0 Å². The SMILES string of the molecule is Cc1ccc([S@](=O)/C=C/Cc2ccc3c(c2)OCO3)cc1. The number of rotatable bonds is 4. The van der Waals surface area contributed by atoms with Gasteiger partial charge in [0.2, 0.25) is 6.79 Å². The molecule has 1 aliphatic rings. The predicted molar refractivity (Wildman–Crippen MR) is 83.0 cm³/mol. The third-order valence-electron chi connectivity index (χ3n) is 3.26. The lowest BCUT2D eigenvalue weighted by Crippen LogP contribution is -1.92. The van der Waals surface area contributed by atoms with Crippen molar-refractivity contribution >= 4 is 10.8 Å². The van der Waals surface area contributed by atoms with Crippen molar-refractivity contribution in [3.05, 3.63) is 65.1 Å². The number of hydrogen-bond acceptors (Lipinski definition) is 3. The summed E-state index contributed by atoms with van der Waals surface area (Å²) in [5, 5.41) is 1.73. The Labute approximate surface area is 126 Å². The molecule has 0 radical (unpaired) electrons. The van der Waals surface area contributed by atoms with Crippen LogP contribution in [0.4, 0.5) is 0 Å². The van der Waals surface area contributed by atoms with Gasteiger partial charge in [-0.3, -0.25) is 0 Å². The van der Waals surface area contributed by atoms with Gasteiger partial charge >= 0.3 is 0 Å². The Morgan fingerprint density at radius 2 is 1.86 bits per heavy atom. The highest BCUT2D eigenvalue weighted by atomic mass is 32.2. The molecular weight excluding hydrogens is 284 g/mol. The Morgan fingerprint density at radius 1 is 1.10 bits per heavy atom. The molecule has 2 aromatic carbocycles. The molecule has 0 amide bonds. The van der Waals surface area contributed by atoms with Gasteiger partial charge in [0.1, 0.15) is 0 Å². The number of fused-ring (bicyclic) bond motifs is 1. The van der Waals surface area contributed by atoms with Gasteiger partial charge in [0.15, 0.2) is 11.5 Å². The highest BCUT2D eigenvalue weighted by Gasteiger charge is 2.12. The predicted octanol–water partition coefficient (Wildman–Crippen LogP) is 3.59. The minimum absolute atomic E-state index is 0.284. The Kier molecular flexibility index (Phi) is 4.06. The zero-order chi connectivity index (χ0) is 14.7. The highest BCUT2D eigenvalue weighted by Crippen LogP contribution is 2.32. The normalized spacial score (nSPS) is 14.5. The van der Waals surface area contributed by atoms with Crippen molar-refractivity contribution in [1.82, 2.24) is 0 Å². The molecule has 0 bridgehead atoms. The molecule has 0 fully saturated rings. The minimum Gasteiger partial charge on any atom is -0.454 e. The van der Waals surface area contributed by atoms with Gasteiger partial charge in [-0.2, -0.15) is 0 Å². The first kappa shape index (κ1) is 13.9. The molecule has 2 aromatic rings. The first-order chi connectivity index (χ1) is 10.2. The van der Waals surface area contributed by atoms with E-state index in [1.807, 2.05) is 55.5 Å². The molecular formula is C17H16O3S. The van der Waals surface area contributed by atoms with Gasteiger partial charge in [-0.05, 0) is 43.2 Å². The second kappa shape index (κ2) is 6.14. The quantitative estimate of drug-likeness (QED) is 0.865. The van der Waals surface area contributed by atoms with Crippen LogP contribution in [0.3, 0.4) is 0 Å². The third kappa shape index (κ3) is 3.34. The summed E-state index contributed by atoms with van der Waals surface area (Å²) in [6, 6.07) is 13.6. The Bertz CT molecular complexity index is 690. The summed E-state index contributed by atoms with van der Waals surface area (Å²) >= 11 is 0. The number of aryl methyl sites for hydroxylation is 1. The zero-order valence-electron chi connectivity index (χ0n) is 11.7. The van der Waals surface area contributed by atoms with Crippen molar-refractivity contribution in [3.63, 3.8) is 0 Å². The second-order valence-corrected chi connectivity index (χ2v) is 6.21. The number of hydrogen-bond donors (Lipinski definition) is 0. The zero-order valence-corrected chi connectivity index (χ0v) is 12.6. The summed E-state index contributed by atoms with van der Waals surface area (Å²) in [7, 11) is -1.10. The Morgan fingerprint density at radius 3 is 2.67 bits per heavy atom. The van der Waals surface area contributed by atoms with Crippen molar-refractivity contribution in [2.24, 2.45) is 0 Å². The van der Waals surface area contributed by atoms with Gasteiger partial charge in [0.05, 0.1) is 10.8 Å². The average molecular weight is 300 g/mol. The van der Waals surface area contributed by atoms with E-state index in [0.29, 0.717) is 6.42 Å². The van der Waals surface area contributed by atoms with Crippen LogP contribution in [0.25, 0.3) is 0 Å². The largest absolute Gasteiger partial charge is 0.454 e. The minimum atomic E-state index is -1.10. The lowest BCUT2D eigenvalue weighted by atomic mass is 10.1. The molecule has 108 valence electrons. The maximum atomic E-state index is 12.1. The van der Waals surface area contributed by atoms with E-state index in [1.54, 1.807) is 5.41 Å². The molecule has 3 rings (SSSR count). The topological polar surface area (TPSA) is 35.5 Å². The van der Waals surface area contributed by atoms with E-state index in [0.717, 1.165) is 22.0 Å². The van der Waals surface area contributed by atoms with Crippen molar-refractivity contribution in [1.29, 1.82) is 0 Å². The lowest BCUT2D eigenvalue weighted by molar-refractivity contribution is 0.174. The van der Waals surface area contributed by atoms with E-state index in [9.17, 15) is 4.21 Å². The third-order valence-corrected chi connectivity index (χ3v) is 4.44. The van der Waals surface area contributed by atoms with Crippen molar-refractivity contribution in [2.45, 2.75) is 18.2 Å². The fourth-order valence-corrected chi connectivity index (χ4v) is 2.92. The summed E-state index contributed by atoms with van der Waals surface area (Å²) in [6.07, 6.45) is 2.64. The molecule has 0 saturated carbocycles. The van der Waals surface area contributed by atoms with Gasteiger partial charge in [0.25, 0.3) is 0 Å². The summed E-state index contributed by atoms with van der Waals surface area (Å²) in [6.45, 7) is 2.30. The maximum Gasteiger partial charge on any atom is 0.231 e. The van der Waals surface area contributed by atoms with E-state index in [4.69, 9.17) is 9.47 Å². The van der Waals surface area contributed by atoms with Crippen LogP contribution in [0.15, 0.2) is 58.8 Å². The first-order valence-electron chi connectivity index (χ1n) is 6.75. The summed E-state index contributed by atoms with van der Waals surface area (Å²) in [5.74, 6) is 1.56. The van der Waals surface area contributed by atoms with Gasteiger partial charge in [-0.25, -0.2) is 4.21 Å². The van der Waals surface area contributed by atoms with E-state index in [-0.39, 0.29) is 6.79 Å². The summed E-state index contributed by atoms with van der Waals surface area (Å²) in [4.78, 5) is 0.822. The molecule has 4 heteroatoms. The summed E-state index contributed by atoms with van der Waals surface area (Å²) < 4.78 is 22.7. The van der Waals surface area contributed by atoms with Crippen molar-refractivity contribution < 1.29 is 13.7 Å². The molecule has 0 spiro atoms. The number of benzene rings is 2. The standard InChI is InChI=1S/C17H16O3S/c1-13-4-7-15(8-5-13)21(18)10-2-3-14-6-9-16-17(11-14)20-12-19-16/h2,4-11H,3,12H2,1H3/b10-2+/t21-/m1/s1. The molecule has 1 aliphatic heterocycles. The van der Waals surface area contributed by atoms with Crippen LogP contribution in [-0.4, -0.2) is 11.0 Å². The number of allylic oxidation sites excluding steroid dienone is 1. The molecule has 1 heterocycles. The van der Waals surface area contributed by atoms with Crippen molar-refractivity contribution in [2.75, 3.05) is 6.79 Å². The van der Waals surface area contributed by atoms with Crippen LogP contribution < -0.4 is 9.47 Å². The molecule has 0 aliphatic carbocycles. The van der Waals surface area contributed by atoms with Crippen LogP contribution in [0.1, 0.15) is 11.1 Å². The van der Waals surface area contributed by atoms with Gasteiger partial charge < -0.3 is 9.47 Å². The molecule has 3 nitrogen and oxygen atoms in total. The van der Waals surface area contributed by atoms with Gasteiger partial charge in [-0.15, -0.1) is 0 Å². The molecule has 0 aromatic heterocycles. The van der Waals surface area contributed by atoms with Crippen LogP contribution in [0.5, 0.6) is 11.5 Å². The van der Waals surface area contributed by atoms with Gasteiger partial charge in [0, 0.05) is 10.3 Å². The average Bonchev–Trinajstić information content (AvgIpc) is 2.95. The van der Waals surface area contributed by atoms with Crippen LogP contribution in [-0.2, 0) is 17.2 Å². The van der Waals surface area contributed by atoms with E-state index in [2.05, 4.69) is 0 Å². The number of ether oxygens (including phenoxy) is 2. The van der Waals surface area contributed by atoms with E-state index < -0.39 is 10.8 Å². The molecule has 0 saturated heterocycles. The first-order valence-corrected chi connectivity index (χ1v) is 7.96. The van der Waals surface area contributed by atoms with Gasteiger partial charge in [-0.1, -0.05) is 29.8 Å². The van der Waals surface area contributed by atoms with Crippen LogP contribution in [0.2, 0.25) is 0 Å². The van der Waals surface area contributed by atoms with Crippen molar-refractivity contribution in [3.8, 4) is 11.5 Å². The maximum absolute atomic E-state index is 12.1. The molecule has 21 heavy (non-hydrogen) atoms. The summed E-state index contributed by atoms with van der Waals surface area (Å²) in [5.41, 5.74) is 2.27. The lowest BCUT2D eigenvalue weighted by Gasteiger charge is -2.00. The molecule has 0 N–H and O–H groups in total. The fourth-order valence-electron chi connectivity index (χ4n) is 2.09. The monoisotopic (exact) mass is 300 g/mol. The highest BCUT2D eigenvalue weighted by molar-refractivity contribution is 7.88. The fraction of sp³-hybridized carbons (Fsp3) is 0.176. The van der Waals surface area contributed by atoms with Crippen LogP contribution in [0, 0.1) is 6.92 Å². The Balaban J connectivity index is 1.64.